The van der Waals surface area contributed by atoms with Crippen molar-refractivity contribution in [3.05, 3.63) is 18.2 Å². The molecule has 1 saturated carbocycles. The molecule has 1 fully saturated rings. The zero-order valence-electron chi connectivity index (χ0n) is 13.6. The molecule has 0 spiro atoms. The van der Waals surface area contributed by atoms with Crippen LogP contribution in [0.1, 0.15) is 65.1 Å². The lowest BCUT2D eigenvalue weighted by Gasteiger charge is -2.21. The molecule has 118 valence electrons. The van der Waals surface area contributed by atoms with Crippen LogP contribution in [0.5, 0.6) is 0 Å². The minimum Gasteiger partial charge on any atom is -0.444 e. The van der Waals surface area contributed by atoms with Crippen LogP contribution in [0, 0.1) is 5.92 Å². The number of hydrogen-bond donors (Lipinski definition) is 1. The van der Waals surface area contributed by atoms with Crippen molar-refractivity contribution in [1.82, 2.24) is 14.9 Å². The number of nitrogens with zero attached hydrogens (tertiary/aromatic N) is 2. The number of amides is 1. The van der Waals surface area contributed by atoms with Crippen LogP contribution in [0.3, 0.4) is 0 Å². The molecular weight excluding hydrogens is 266 g/mol. The van der Waals surface area contributed by atoms with Crippen molar-refractivity contribution < 1.29 is 9.53 Å². The molecule has 1 aliphatic rings. The fourth-order valence-electron chi connectivity index (χ4n) is 2.49. The van der Waals surface area contributed by atoms with Crippen LogP contribution in [0.15, 0.2) is 12.5 Å². The van der Waals surface area contributed by atoms with E-state index in [4.69, 9.17) is 4.74 Å². The lowest BCUT2D eigenvalue weighted by atomic mass is 10.1. The summed E-state index contributed by atoms with van der Waals surface area (Å²) in [4.78, 5) is 16.0. The van der Waals surface area contributed by atoms with Gasteiger partial charge in [-0.3, -0.25) is 0 Å². The molecule has 1 aliphatic carbocycles. The van der Waals surface area contributed by atoms with Gasteiger partial charge in [0, 0.05) is 12.2 Å². The normalized spacial score (nSPS) is 16.6. The van der Waals surface area contributed by atoms with E-state index >= 15 is 0 Å². The van der Waals surface area contributed by atoms with Gasteiger partial charge in [-0.2, -0.15) is 0 Å². The summed E-state index contributed by atoms with van der Waals surface area (Å²) >= 11 is 0. The van der Waals surface area contributed by atoms with E-state index in [-0.39, 0.29) is 6.09 Å². The summed E-state index contributed by atoms with van der Waals surface area (Å²) in [6.45, 7) is 8.24. The second kappa shape index (κ2) is 6.50. The standard InChI is InChI=1S/C16H27N3O2/c1-5-13(8-12-6-7-12)19-11-17-9-14(19)10-18-15(20)21-16(2,3)4/h9,11-13H,5-8,10H2,1-4H3,(H,18,20). The predicted octanol–water partition coefficient (Wildman–Crippen LogP) is 3.66. The van der Waals surface area contributed by atoms with Crippen LogP contribution < -0.4 is 5.32 Å². The van der Waals surface area contributed by atoms with Crippen molar-refractivity contribution in [2.75, 3.05) is 0 Å². The smallest absolute Gasteiger partial charge is 0.407 e. The summed E-state index contributed by atoms with van der Waals surface area (Å²) in [7, 11) is 0. The highest BCUT2D eigenvalue weighted by molar-refractivity contribution is 5.67. The first kappa shape index (κ1) is 15.9. The zero-order valence-corrected chi connectivity index (χ0v) is 13.6. The van der Waals surface area contributed by atoms with Crippen LogP contribution >= 0.6 is 0 Å². The molecule has 1 aromatic heterocycles. The Labute approximate surface area is 127 Å². The Hall–Kier alpha value is -1.52. The van der Waals surface area contributed by atoms with Gasteiger partial charge >= 0.3 is 6.09 Å². The molecule has 2 rings (SSSR count). The molecule has 0 bridgehead atoms. The lowest BCUT2D eigenvalue weighted by Crippen LogP contribution is -2.32. The molecule has 5 nitrogen and oxygen atoms in total. The summed E-state index contributed by atoms with van der Waals surface area (Å²) in [5.41, 5.74) is 0.566. The van der Waals surface area contributed by atoms with Gasteiger partial charge in [-0.15, -0.1) is 0 Å². The Kier molecular flexibility index (Phi) is 4.91. The van der Waals surface area contributed by atoms with Crippen molar-refractivity contribution in [2.24, 2.45) is 5.92 Å². The second-order valence-corrected chi connectivity index (χ2v) is 6.89. The molecule has 1 aromatic rings. The fraction of sp³-hybridized carbons (Fsp3) is 0.750. The molecule has 5 heteroatoms. The molecule has 0 radical (unpaired) electrons. The zero-order chi connectivity index (χ0) is 15.5. The van der Waals surface area contributed by atoms with Crippen LogP contribution in [0.2, 0.25) is 0 Å². The molecule has 1 amide bonds. The third kappa shape index (κ3) is 5.06. The van der Waals surface area contributed by atoms with E-state index in [1.165, 1.54) is 19.3 Å². The minimum absolute atomic E-state index is 0.384. The minimum atomic E-state index is -0.470. The summed E-state index contributed by atoms with van der Waals surface area (Å²) in [6, 6.07) is 0.482. The number of rotatable bonds is 6. The Morgan fingerprint density at radius 1 is 1.52 bits per heavy atom. The first-order valence-corrected chi connectivity index (χ1v) is 7.86. The SMILES string of the molecule is CCC(CC1CC1)n1cncc1CNC(=O)OC(C)(C)C. The number of ether oxygens (including phenoxy) is 1. The first-order valence-electron chi connectivity index (χ1n) is 7.86. The molecule has 1 heterocycles. The van der Waals surface area contributed by atoms with Crippen molar-refractivity contribution in [3.63, 3.8) is 0 Å². The number of carbonyl (C=O) groups is 1. The average Bonchev–Trinajstić information content (AvgIpc) is 3.08. The number of nitrogens with one attached hydrogen (secondary N) is 1. The summed E-state index contributed by atoms with van der Waals surface area (Å²) < 4.78 is 7.46. The Bertz CT molecular complexity index is 472. The van der Waals surface area contributed by atoms with Gasteiger partial charge in [0.15, 0.2) is 0 Å². The number of carbonyl (C=O) groups excluding carboxylic acids is 1. The van der Waals surface area contributed by atoms with Gasteiger partial charge in [0.25, 0.3) is 0 Å². The van der Waals surface area contributed by atoms with Crippen molar-refractivity contribution >= 4 is 6.09 Å². The highest BCUT2D eigenvalue weighted by Gasteiger charge is 2.26. The molecule has 0 aliphatic heterocycles. The maximum absolute atomic E-state index is 11.7. The van der Waals surface area contributed by atoms with Crippen LogP contribution in [-0.4, -0.2) is 21.2 Å². The van der Waals surface area contributed by atoms with Gasteiger partial charge in [0.2, 0.25) is 0 Å². The Balaban J connectivity index is 1.91. The van der Waals surface area contributed by atoms with Crippen LogP contribution in [0.25, 0.3) is 0 Å². The maximum atomic E-state index is 11.7. The summed E-state index contributed by atoms with van der Waals surface area (Å²) in [5.74, 6) is 0.879. The fourth-order valence-corrected chi connectivity index (χ4v) is 2.49. The second-order valence-electron chi connectivity index (χ2n) is 6.89. The Morgan fingerprint density at radius 3 is 2.81 bits per heavy atom. The number of aromatic nitrogens is 2. The van der Waals surface area contributed by atoms with Crippen molar-refractivity contribution in [3.8, 4) is 0 Å². The lowest BCUT2D eigenvalue weighted by molar-refractivity contribution is 0.0522. The molecule has 0 aromatic carbocycles. The average molecular weight is 293 g/mol. The maximum Gasteiger partial charge on any atom is 0.407 e. The van der Waals surface area contributed by atoms with E-state index in [1.54, 1.807) is 0 Å². The number of hydrogen-bond acceptors (Lipinski definition) is 3. The molecular formula is C16H27N3O2. The van der Waals surface area contributed by atoms with Gasteiger partial charge < -0.3 is 14.6 Å². The van der Waals surface area contributed by atoms with Crippen LogP contribution in [0.4, 0.5) is 4.79 Å². The molecule has 1 unspecified atom stereocenters. The van der Waals surface area contributed by atoms with E-state index in [9.17, 15) is 4.79 Å². The summed E-state index contributed by atoms with van der Waals surface area (Å²) in [6.07, 6.45) is 8.34. The van der Waals surface area contributed by atoms with Gasteiger partial charge in [0.1, 0.15) is 5.60 Å². The third-order valence-corrected chi connectivity index (χ3v) is 3.73. The van der Waals surface area contributed by atoms with E-state index in [0.717, 1.165) is 18.0 Å². The molecule has 21 heavy (non-hydrogen) atoms. The molecule has 1 N–H and O–H groups in total. The summed E-state index contributed by atoms with van der Waals surface area (Å²) in [5, 5.41) is 2.81. The third-order valence-electron chi connectivity index (χ3n) is 3.73. The highest BCUT2D eigenvalue weighted by atomic mass is 16.6. The quantitative estimate of drug-likeness (QED) is 0.871. The molecule has 1 atom stereocenters. The van der Waals surface area contributed by atoms with Gasteiger partial charge in [-0.1, -0.05) is 19.8 Å². The highest BCUT2D eigenvalue weighted by Crippen LogP contribution is 2.38. The van der Waals surface area contributed by atoms with Gasteiger partial charge in [0.05, 0.1) is 18.6 Å². The Morgan fingerprint density at radius 2 is 2.24 bits per heavy atom. The van der Waals surface area contributed by atoms with E-state index < -0.39 is 5.60 Å². The number of imidazole rings is 1. The van der Waals surface area contributed by atoms with E-state index in [2.05, 4.69) is 21.8 Å². The van der Waals surface area contributed by atoms with E-state index in [0.29, 0.717) is 12.6 Å². The largest absolute Gasteiger partial charge is 0.444 e. The topological polar surface area (TPSA) is 56.2 Å². The first-order chi connectivity index (χ1) is 9.89. The van der Waals surface area contributed by atoms with Crippen molar-refractivity contribution in [1.29, 1.82) is 0 Å². The van der Waals surface area contributed by atoms with Gasteiger partial charge in [-0.05, 0) is 39.5 Å². The van der Waals surface area contributed by atoms with Gasteiger partial charge in [-0.25, -0.2) is 9.78 Å². The van der Waals surface area contributed by atoms with E-state index in [1.807, 2.05) is 33.3 Å². The monoisotopic (exact) mass is 293 g/mol. The predicted molar refractivity (Wildman–Crippen MR) is 82.0 cm³/mol. The number of alkyl carbamates (subject to hydrolysis) is 1. The molecule has 0 saturated heterocycles. The van der Waals surface area contributed by atoms with Crippen molar-refractivity contribution in [2.45, 2.75) is 71.6 Å². The van der Waals surface area contributed by atoms with Crippen LogP contribution in [-0.2, 0) is 11.3 Å².